The normalized spacial score (nSPS) is 34.8. The Labute approximate surface area is 94.7 Å². The first kappa shape index (κ1) is 12.0. The van der Waals surface area contributed by atoms with Crippen LogP contribution in [0.3, 0.4) is 0 Å². The molecule has 1 fully saturated rings. The first-order valence-corrected chi connectivity index (χ1v) is 6.84. The minimum absolute atomic E-state index is 0.279. The second-order valence-electron chi connectivity index (χ2n) is 3.49. The number of rotatable bonds is 4. The van der Waals surface area contributed by atoms with Crippen molar-refractivity contribution in [1.82, 2.24) is 0 Å². The minimum Gasteiger partial charge on any atom is -0.330 e. The van der Waals surface area contributed by atoms with Crippen LogP contribution in [0.25, 0.3) is 0 Å². The summed E-state index contributed by atoms with van der Waals surface area (Å²) in [7, 11) is 0. The Morgan fingerprint density at radius 1 is 1.23 bits per heavy atom. The number of halogens is 2. The standard InChI is InChI=1S/C9H17Cl2NS/c10-8-2-1-3-9(11)7(8)6-13-5-4-12/h7-9H,1-6,12H2. The molecule has 1 nitrogen and oxygen atoms in total. The lowest BCUT2D eigenvalue weighted by Crippen LogP contribution is -2.31. The van der Waals surface area contributed by atoms with Gasteiger partial charge in [0.1, 0.15) is 0 Å². The molecule has 0 bridgehead atoms. The molecule has 2 unspecified atom stereocenters. The highest BCUT2D eigenvalue weighted by Crippen LogP contribution is 2.34. The highest BCUT2D eigenvalue weighted by Gasteiger charge is 2.30. The van der Waals surface area contributed by atoms with Gasteiger partial charge in [-0.1, -0.05) is 6.42 Å². The van der Waals surface area contributed by atoms with E-state index in [-0.39, 0.29) is 10.8 Å². The molecule has 0 aromatic rings. The van der Waals surface area contributed by atoms with Crippen molar-refractivity contribution in [3.8, 4) is 0 Å². The Kier molecular flexibility index (Phi) is 5.88. The van der Waals surface area contributed by atoms with Crippen LogP contribution in [0.15, 0.2) is 0 Å². The molecule has 2 atom stereocenters. The highest BCUT2D eigenvalue weighted by molar-refractivity contribution is 7.99. The molecule has 0 spiro atoms. The zero-order valence-electron chi connectivity index (χ0n) is 7.72. The smallest absolute Gasteiger partial charge is 0.0386 e. The Hall–Kier alpha value is 0.890. The maximum Gasteiger partial charge on any atom is 0.0386 e. The molecule has 4 heteroatoms. The zero-order valence-corrected chi connectivity index (χ0v) is 10.0. The molecule has 1 saturated carbocycles. The van der Waals surface area contributed by atoms with Crippen LogP contribution in [0, 0.1) is 5.92 Å². The molecule has 78 valence electrons. The van der Waals surface area contributed by atoms with E-state index in [1.165, 1.54) is 6.42 Å². The van der Waals surface area contributed by atoms with Crippen molar-refractivity contribution in [3.63, 3.8) is 0 Å². The molecular weight excluding hydrogens is 225 g/mol. The molecule has 0 saturated heterocycles. The first-order chi connectivity index (χ1) is 6.25. The molecule has 13 heavy (non-hydrogen) atoms. The zero-order chi connectivity index (χ0) is 9.68. The third-order valence-corrected chi connectivity index (χ3v) is 4.69. The van der Waals surface area contributed by atoms with Gasteiger partial charge in [0, 0.05) is 29.0 Å². The van der Waals surface area contributed by atoms with Crippen LogP contribution in [0.1, 0.15) is 19.3 Å². The van der Waals surface area contributed by atoms with Crippen molar-refractivity contribution in [2.45, 2.75) is 30.0 Å². The quantitative estimate of drug-likeness (QED) is 0.606. The summed E-state index contributed by atoms with van der Waals surface area (Å²) in [5.74, 6) is 2.57. The molecule has 0 aromatic heterocycles. The minimum atomic E-state index is 0.279. The van der Waals surface area contributed by atoms with Gasteiger partial charge >= 0.3 is 0 Å². The van der Waals surface area contributed by atoms with E-state index < -0.39 is 0 Å². The van der Waals surface area contributed by atoms with Crippen molar-refractivity contribution in [2.75, 3.05) is 18.1 Å². The lowest BCUT2D eigenvalue weighted by atomic mass is 9.90. The average molecular weight is 242 g/mol. The van der Waals surface area contributed by atoms with Crippen molar-refractivity contribution in [1.29, 1.82) is 0 Å². The van der Waals surface area contributed by atoms with E-state index in [1.54, 1.807) is 0 Å². The monoisotopic (exact) mass is 241 g/mol. The summed E-state index contributed by atoms with van der Waals surface area (Å²) < 4.78 is 0. The summed E-state index contributed by atoms with van der Waals surface area (Å²) >= 11 is 14.3. The Morgan fingerprint density at radius 3 is 2.38 bits per heavy atom. The van der Waals surface area contributed by atoms with E-state index in [0.29, 0.717) is 5.92 Å². The van der Waals surface area contributed by atoms with Crippen molar-refractivity contribution >= 4 is 35.0 Å². The summed E-state index contributed by atoms with van der Waals surface area (Å²) in [4.78, 5) is 0. The van der Waals surface area contributed by atoms with E-state index in [0.717, 1.165) is 30.9 Å². The molecule has 0 heterocycles. The fourth-order valence-electron chi connectivity index (χ4n) is 1.67. The molecule has 1 aliphatic rings. The number of hydrogen-bond acceptors (Lipinski definition) is 2. The van der Waals surface area contributed by atoms with E-state index in [9.17, 15) is 0 Å². The van der Waals surface area contributed by atoms with Crippen LogP contribution in [-0.4, -0.2) is 28.8 Å². The first-order valence-electron chi connectivity index (χ1n) is 4.81. The van der Waals surface area contributed by atoms with Crippen molar-refractivity contribution < 1.29 is 0 Å². The topological polar surface area (TPSA) is 26.0 Å². The van der Waals surface area contributed by atoms with Crippen molar-refractivity contribution in [2.24, 2.45) is 11.7 Å². The van der Waals surface area contributed by atoms with Gasteiger partial charge in [0.15, 0.2) is 0 Å². The van der Waals surface area contributed by atoms with Crippen LogP contribution in [0.2, 0.25) is 0 Å². The van der Waals surface area contributed by atoms with Gasteiger partial charge in [-0.3, -0.25) is 0 Å². The van der Waals surface area contributed by atoms with Gasteiger partial charge in [-0.15, -0.1) is 23.2 Å². The van der Waals surface area contributed by atoms with Crippen LogP contribution in [0.5, 0.6) is 0 Å². The third-order valence-electron chi connectivity index (χ3n) is 2.46. The van der Waals surface area contributed by atoms with Gasteiger partial charge in [-0.2, -0.15) is 11.8 Å². The van der Waals surface area contributed by atoms with Gasteiger partial charge in [-0.05, 0) is 18.6 Å². The number of hydrogen-bond donors (Lipinski definition) is 1. The number of nitrogens with two attached hydrogens (primary N) is 1. The van der Waals surface area contributed by atoms with Gasteiger partial charge < -0.3 is 5.73 Å². The fraction of sp³-hybridized carbons (Fsp3) is 1.00. The predicted octanol–water partition coefficient (Wildman–Crippen LogP) is 2.69. The van der Waals surface area contributed by atoms with Crippen LogP contribution in [0.4, 0.5) is 0 Å². The molecule has 0 aliphatic heterocycles. The maximum atomic E-state index is 6.23. The number of alkyl halides is 2. The SMILES string of the molecule is NCCSCC1C(Cl)CCCC1Cl. The van der Waals surface area contributed by atoms with E-state index in [2.05, 4.69) is 0 Å². The number of thioether (sulfide) groups is 1. The van der Waals surface area contributed by atoms with Crippen LogP contribution >= 0.6 is 35.0 Å². The van der Waals surface area contributed by atoms with Crippen LogP contribution < -0.4 is 5.73 Å². The second-order valence-corrected chi connectivity index (χ2v) is 5.76. The molecule has 0 radical (unpaired) electrons. The van der Waals surface area contributed by atoms with E-state index in [4.69, 9.17) is 28.9 Å². The largest absolute Gasteiger partial charge is 0.330 e. The molecular formula is C9H17Cl2NS. The average Bonchev–Trinajstić information content (AvgIpc) is 2.10. The maximum absolute atomic E-state index is 6.23. The summed E-state index contributed by atoms with van der Waals surface area (Å²) in [6.45, 7) is 0.747. The van der Waals surface area contributed by atoms with Crippen molar-refractivity contribution in [3.05, 3.63) is 0 Å². The van der Waals surface area contributed by atoms with E-state index in [1.807, 2.05) is 11.8 Å². The predicted molar refractivity (Wildman–Crippen MR) is 63.0 cm³/mol. The summed E-state index contributed by atoms with van der Waals surface area (Å²) in [5.41, 5.74) is 5.43. The Morgan fingerprint density at radius 2 is 1.85 bits per heavy atom. The third kappa shape index (κ3) is 3.86. The molecule has 0 aromatic carbocycles. The molecule has 2 N–H and O–H groups in total. The second kappa shape index (κ2) is 6.39. The summed E-state index contributed by atoms with van der Waals surface area (Å²) in [5, 5.41) is 0.558. The Bertz CT molecular complexity index is 136. The summed E-state index contributed by atoms with van der Waals surface area (Å²) in [6, 6.07) is 0. The highest BCUT2D eigenvalue weighted by atomic mass is 35.5. The summed E-state index contributed by atoms with van der Waals surface area (Å²) in [6.07, 6.45) is 3.43. The molecule has 0 amide bonds. The Balaban J connectivity index is 2.26. The fourth-order valence-corrected chi connectivity index (χ4v) is 3.87. The lowest BCUT2D eigenvalue weighted by molar-refractivity contribution is 0.405. The van der Waals surface area contributed by atoms with Gasteiger partial charge in [0.05, 0.1) is 0 Å². The molecule has 1 aliphatic carbocycles. The van der Waals surface area contributed by atoms with Gasteiger partial charge in [-0.25, -0.2) is 0 Å². The van der Waals surface area contributed by atoms with Crippen LogP contribution in [-0.2, 0) is 0 Å². The van der Waals surface area contributed by atoms with Gasteiger partial charge in [0.25, 0.3) is 0 Å². The lowest BCUT2D eigenvalue weighted by Gasteiger charge is -2.31. The van der Waals surface area contributed by atoms with Gasteiger partial charge in [0.2, 0.25) is 0 Å². The van der Waals surface area contributed by atoms with E-state index >= 15 is 0 Å². The molecule has 1 rings (SSSR count).